The van der Waals surface area contributed by atoms with Gasteiger partial charge in [0.2, 0.25) is 0 Å². The first kappa shape index (κ1) is 24.9. The summed E-state index contributed by atoms with van der Waals surface area (Å²) in [7, 11) is 0. The van der Waals surface area contributed by atoms with E-state index >= 15 is 0 Å². The maximum absolute atomic E-state index is 15.0. The molecule has 0 bridgehead atoms. The molecule has 1 aliphatic heterocycles. The van der Waals surface area contributed by atoms with E-state index in [4.69, 9.17) is 14.6 Å². The van der Waals surface area contributed by atoms with Gasteiger partial charge in [-0.25, -0.2) is 19.2 Å². The highest BCUT2D eigenvalue weighted by Gasteiger charge is 2.26. The maximum atomic E-state index is 15.0. The average molecular weight is 495 g/mol. The van der Waals surface area contributed by atoms with Gasteiger partial charge in [-0.3, -0.25) is 4.79 Å². The number of carbonyl (C=O) groups is 2. The Morgan fingerprint density at radius 3 is 2.75 bits per heavy atom. The van der Waals surface area contributed by atoms with Crippen LogP contribution in [0.3, 0.4) is 0 Å². The first-order chi connectivity index (χ1) is 17.4. The third-order valence-corrected chi connectivity index (χ3v) is 5.70. The van der Waals surface area contributed by atoms with Crippen molar-refractivity contribution in [2.45, 2.75) is 32.4 Å². The normalized spacial score (nSPS) is 15.3. The van der Waals surface area contributed by atoms with Gasteiger partial charge in [0.1, 0.15) is 11.8 Å². The summed E-state index contributed by atoms with van der Waals surface area (Å²) in [6, 6.07) is 11.6. The fraction of sp³-hybridized carbons (Fsp3) is 0.308. The standard InChI is InChI=1S/C26H27FN4O5/c1-2-35-22-7-3-4-8-23(22)36-19-6-5-11-31(16-19)24-20(27)13-18(15-29-24)25(32)30-14-17-9-10-28-21(12-17)26(33)34/h3-4,7-10,12-13,15,19H,2,5-6,11,14,16H2,1H3,(H,30,32)(H,33,34)/t19-/m1/s1. The van der Waals surface area contributed by atoms with Crippen molar-refractivity contribution in [1.82, 2.24) is 15.3 Å². The number of halogens is 1. The number of piperidine rings is 1. The molecule has 0 radical (unpaired) electrons. The Labute approximate surface area is 207 Å². The molecule has 0 aliphatic carbocycles. The van der Waals surface area contributed by atoms with Gasteiger partial charge in [-0.15, -0.1) is 0 Å². The van der Waals surface area contributed by atoms with Crippen molar-refractivity contribution in [3.8, 4) is 11.5 Å². The minimum Gasteiger partial charge on any atom is -0.490 e. The van der Waals surface area contributed by atoms with Gasteiger partial charge in [0, 0.05) is 25.5 Å². The Morgan fingerprint density at radius 1 is 1.19 bits per heavy atom. The zero-order valence-electron chi connectivity index (χ0n) is 19.8. The molecule has 3 aromatic rings. The fourth-order valence-corrected chi connectivity index (χ4v) is 4.00. The number of carboxylic acid groups (broad SMARTS) is 1. The summed E-state index contributed by atoms with van der Waals surface area (Å²) in [6.45, 7) is 3.57. The summed E-state index contributed by atoms with van der Waals surface area (Å²) in [4.78, 5) is 33.4. The number of amides is 1. The lowest BCUT2D eigenvalue weighted by molar-refractivity contribution is 0.0690. The van der Waals surface area contributed by atoms with Crippen LogP contribution in [0.5, 0.6) is 11.5 Å². The zero-order chi connectivity index (χ0) is 25.5. The summed E-state index contributed by atoms with van der Waals surface area (Å²) in [5.41, 5.74) is 0.509. The molecule has 1 atom stereocenters. The number of pyridine rings is 2. The number of aromatic carboxylic acids is 1. The number of anilines is 1. The van der Waals surface area contributed by atoms with Crippen LogP contribution >= 0.6 is 0 Å². The number of para-hydroxylation sites is 2. The van der Waals surface area contributed by atoms with E-state index in [-0.39, 0.29) is 29.7 Å². The van der Waals surface area contributed by atoms with Crippen molar-refractivity contribution >= 4 is 17.7 Å². The number of ether oxygens (including phenoxy) is 2. The number of nitrogens with one attached hydrogen (secondary N) is 1. The molecule has 1 fully saturated rings. The second-order valence-corrected chi connectivity index (χ2v) is 8.27. The molecule has 1 amide bonds. The average Bonchev–Trinajstić information content (AvgIpc) is 2.89. The molecule has 10 heteroatoms. The van der Waals surface area contributed by atoms with Gasteiger partial charge in [-0.1, -0.05) is 12.1 Å². The van der Waals surface area contributed by atoms with Crippen molar-refractivity contribution in [1.29, 1.82) is 0 Å². The molecule has 0 unspecified atom stereocenters. The van der Waals surface area contributed by atoms with Crippen LogP contribution < -0.4 is 19.7 Å². The number of rotatable bonds is 9. The largest absolute Gasteiger partial charge is 0.490 e. The van der Waals surface area contributed by atoms with E-state index in [9.17, 15) is 14.0 Å². The van der Waals surface area contributed by atoms with Crippen molar-refractivity contribution in [3.05, 3.63) is 77.5 Å². The molecule has 9 nitrogen and oxygen atoms in total. The molecule has 2 N–H and O–H groups in total. The van der Waals surface area contributed by atoms with Gasteiger partial charge in [-0.05, 0) is 55.7 Å². The molecule has 36 heavy (non-hydrogen) atoms. The molecule has 1 aromatic carbocycles. The lowest BCUT2D eigenvalue weighted by Gasteiger charge is -2.34. The van der Waals surface area contributed by atoms with Gasteiger partial charge < -0.3 is 24.8 Å². The van der Waals surface area contributed by atoms with Crippen LogP contribution in [0.1, 0.15) is 46.2 Å². The van der Waals surface area contributed by atoms with E-state index in [1.165, 1.54) is 18.5 Å². The molecule has 0 spiro atoms. The summed E-state index contributed by atoms with van der Waals surface area (Å²) < 4.78 is 26.8. The topological polar surface area (TPSA) is 114 Å². The molecule has 3 heterocycles. The Morgan fingerprint density at radius 2 is 2.00 bits per heavy atom. The number of carbonyl (C=O) groups excluding carboxylic acids is 1. The summed E-state index contributed by atoms with van der Waals surface area (Å²) >= 11 is 0. The quantitative estimate of drug-likeness (QED) is 0.463. The number of carboxylic acids is 1. The van der Waals surface area contributed by atoms with E-state index < -0.39 is 17.7 Å². The number of benzene rings is 1. The van der Waals surface area contributed by atoms with Gasteiger partial charge in [0.15, 0.2) is 23.1 Å². The Balaban J connectivity index is 1.39. The lowest BCUT2D eigenvalue weighted by Crippen LogP contribution is -2.42. The van der Waals surface area contributed by atoms with Gasteiger partial charge >= 0.3 is 5.97 Å². The van der Waals surface area contributed by atoms with E-state index in [1.54, 1.807) is 6.07 Å². The molecule has 1 aliphatic rings. The van der Waals surface area contributed by atoms with Crippen molar-refractivity contribution in [2.24, 2.45) is 0 Å². The molecule has 188 valence electrons. The third-order valence-electron chi connectivity index (χ3n) is 5.70. The van der Waals surface area contributed by atoms with Gasteiger partial charge in [0.05, 0.1) is 18.7 Å². The first-order valence-corrected chi connectivity index (χ1v) is 11.7. The monoisotopic (exact) mass is 494 g/mol. The van der Waals surface area contributed by atoms with Gasteiger partial charge in [0.25, 0.3) is 5.91 Å². The summed E-state index contributed by atoms with van der Waals surface area (Å²) in [5, 5.41) is 11.7. The predicted molar refractivity (Wildman–Crippen MR) is 130 cm³/mol. The number of hydrogen-bond acceptors (Lipinski definition) is 7. The molecular weight excluding hydrogens is 467 g/mol. The van der Waals surface area contributed by atoms with Gasteiger partial charge in [-0.2, -0.15) is 0 Å². The van der Waals surface area contributed by atoms with Crippen LogP contribution in [-0.4, -0.2) is 52.8 Å². The maximum Gasteiger partial charge on any atom is 0.354 e. The lowest BCUT2D eigenvalue weighted by atomic mass is 10.1. The van der Waals surface area contributed by atoms with Crippen molar-refractivity contribution in [2.75, 3.05) is 24.6 Å². The van der Waals surface area contributed by atoms with Crippen LogP contribution in [0, 0.1) is 5.82 Å². The number of nitrogens with zero attached hydrogens (tertiary/aromatic N) is 3. The van der Waals surface area contributed by atoms with E-state index in [0.717, 1.165) is 18.9 Å². The molecular formula is C26H27FN4O5. The zero-order valence-corrected chi connectivity index (χ0v) is 19.8. The highest BCUT2D eigenvalue weighted by Crippen LogP contribution is 2.30. The molecule has 1 saturated heterocycles. The van der Waals surface area contributed by atoms with E-state index in [0.29, 0.717) is 36.8 Å². The Bertz CT molecular complexity index is 1240. The second-order valence-electron chi connectivity index (χ2n) is 8.27. The molecule has 0 saturated carbocycles. The van der Waals surface area contributed by atoms with E-state index in [1.807, 2.05) is 36.1 Å². The summed E-state index contributed by atoms with van der Waals surface area (Å²) in [5.74, 6) is -0.796. The first-order valence-electron chi connectivity index (χ1n) is 11.7. The highest BCUT2D eigenvalue weighted by molar-refractivity contribution is 5.94. The van der Waals surface area contributed by atoms with Crippen LogP contribution in [0.4, 0.5) is 10.2 Å². The Hall–Kier alpha value is -4.21. The predicted octanol–water partition coefficient (Wildman–Crippen LogP) is 3.69. The number of hydrogen-bond donors (Lipinski definition) is 2. The van der Waals surface area contributed by atoms with Crippen LogP contribution in [0.2, 0.25) is 0 Å². The minimum atomic E-state index is -1.16. The van der Waals surface area contributed by atoms with Crippen LogP contribution in [0.15, 0.2) is 54.9 Å². The third kappa shape index (κ3) is 6.07. The SMILES string of the molecule is CCOc1ccccc1O[C@@H]1CCCN(c2ncc(C(=O)NCc3ccnc(C(=O)O)c3)cc2F)C1. The molecule has 4 rings (SSSR count). The second kappa shape index (κ2) is 11.5. The van der Waals surface area contributed by atoms with Crippen molar-refractivity contribution < 1.29 is 28.6 Å². The molecule has 2 aromatic heterocycles. The van der Waals surface area contributed by atoms with Crippen LogP contribution in [0.25, 0.3) is 0 Å². The highest BCUT2D eigenvalue weighted by atomic mass is 19.1. The smallest absolute Gasteiger partial charge is 0.354 e. The fourth-order valence-electron chi connectivity index (χ4n) is 4.00. The van der Waals surface area contributed by atoms with Crippen LogP contribution in [-0.2, 0) is 6.54 Å². The van der Waals surface area contributed by atoms with E-state index in [2.05, 4.69) is 15.3 Å². The summed E-state index contributed by atoms with van der Waals surface area (Å²) in [6.07, 6.45) is 4.14. The minimum absolute atomic E-state index is 0.0687. The van der Waals surface area contributed by atoms with Crippen molar-refractivity contribution in [3.63, 3.8) is 0 Å². The Kier molecular flexibility index (Phi) is 7.94. The number of aromatic nitrogens is 2.